The van der Waals surface area contributed by atoms with Crippen molar-refractivity contribution in [3.63, 3.8) is 0 Å². The minimum absolute atomic E-state index is 0.242. The van der Waals surface area contributed by atoms with E-state index in [1.807, 2.05) is 0 Å². The molecule has 3 nitrogen and oxygen atoms in total. The van der Waals surface area contributed by atoms with E-state index in [2.05, 4.69) is 16.6 Å². The molecule has 3 heteroatoms. The highest BCUT2D eigenvalue weighted by Gasteiger charge is 1.99. The number of rotatable bonds is 4. The van der Waals surface area contributed by atoms with Crippen molar-refractivity contribution in [3.8, 4) is 11.8 Å². The molecule has 0 radical (unpaired) electrons. The number of hydrogen-bond donors (Lipinski definition) is 0. The Kier molecular flexibility index (Phi) is 7.46. The van der Waals surface area contributed by atoms with E-state index in [-0.39, 0.29) is 6.29 Å². The van der Waals surface area contributed by atoms with E-state index in [1.54, 1.807) is 27.4 Å². The number of hydrogen-bond acceptors (Lipinski definition) is 3. The third kappa shape index (κ3) is 5.78. The lowest BCUT2D eigenvalue weighted by molar-refractivity contribution is -0.0972. The molecule has 0 aliphatic carbocycles. The first-order valence-electron chi connectivity index (χ1n) is 3.57. The fourth-order valence-corrected chi connectivity index (χ4v) is 0.566. The molecule has 0 spiro atoms. The largest absolute Gasteiger partial charge is 0.504 e. The number of allylic oxidation sites excluding steroid dienone is 1. The van der Waals surface area contributed by atoms with Crippen molar-refractivity contribution in [2.75, 3.05) is 21.3 Å². The van der Waals surface area contributed by atoms with Crippen LogP contribution < -0.4 is 0 Å². The molecule has 12 heavy (non-hydrogen) atoms. The fourth-order valence-electron chi connectivity index (χ4n) is 0.566. The summed E-state index contributed by atoms with van der Waals surface area (Å²) in [4.78, 5) is 0. The molecule has 0 aromatic heterocycles. The van der Waals surface area contributed by atoms with Crippen molar-refractivity contribution < 1.29 is 14.2 Å². The van der Waals surface area contributed by atoms with Crippen LogP contribution in [0.25, 0.3) is 0 Å². The third-order valence-corrected chi connectivity index (χ3v) is 1.18. The molecule has 0 rings (SSSR count). The van der Waals surface area contributed by atoms with Crippen LogP contribution in [0.3, 0.4) is 0 Å². The maximum atomic E-state index is 4.93. The highest BCUT2D eigenvalue weighted by atomic mass is 16.7. The second kappa shape index (κ2) is 8.12. The standard InChI is InChI=1S/C9H14O3/c1-10-8-6-4-5-7-9(11-2)12-3/h6,8-9H,7H2,1-3H3/b8-6+. The van der Waals surface area contributed by atoms with Gasteiger partial charge in [-0.05, 0) is 0 Å². The maximum Gasteiger partial charge on any atom is 0.167 e. The van der Waals surface area contributed by atoms with Gasteiger partial charge in [-0.15, -0.1) is 0 Å². The molecule has 0 atom stereocenters. The smallest absolute Gasteiger partial charge is 0.167 e. The van der Waals surface area contributed by atoms with E-state index in [9.17, 15) is 0 Å². The first kappa shape index (κ1) is 11.0. The summed E-state index contributed by atoms with van der Waals surface area (Å²) in [6, 6.07) is 0. The minimum Gasteiger partial charge on any atom is -0.504 e. The molecule has 0 N–H and O–H groups in total. The summed E-state index contributed by atoms with van der Waals surface area (Å²) >= 11 is 0. The van der Waals surface area contributed by atoms with Crippen LogP contribution in [-0.4, -0.2) is 27.6 Å². The van der Waals surface area contributed by atoms with Gasteiger partial charge in [0.25, 0.3) is 0 Å². The van der Waals surface area contributed by atoms with Crippen molar-refractivity contribution in [1.29, 1.82) is 0 Å². The maximum absolute atomic E-state index is 4.93. The van der Waals surface area contributed by atoms with Gasteiger partial charge in [-0.25, -0.2) is 0 Å². The summed E-state index contributed by atoms with van der Waals surface area (Å²) in [5.41, 5.74) is 0. The molecule has 0 aliphatic heterocycles. The summed E-state index contributed by atoms with van der Waals surface area (Å²) in [6.45, 7) is 0. The second-order valence-electron chi connectivity index (χ2n) is 1.96. The first-order chi connectivity index (χ1) is 5.85. The zero-order valence-electron chi connectivity index (χ0n) is 7.66. The van der Waals surface area contributed by atoms with Crippen LogP contribution in [0.4, 0.5) is 0 Å². The summed E-state index contributed by atoms with van der Waals surface area (Å²) in [7, 11) is 4.74. The van der Waals surface area contributed by atoms with Crippen LogP contribution in [0.15, 0.2) is 12.3 Å². The zero-order valence-corrected chi connectivity index (χ0v) is 7.66. The van der Waals surface area contributed by atoms with E-state index in [1.165, 1.54) is 6.26 Å². The lowest BCUT2D eigenvalue weighted by Crippen LogP contribution is -2.11. The molecule has 0 aromatic rings. The summed E-state index contributed by atoms with van der Waals surface area (Å²) < 4.78 is 14.5. The highest BCUT2D eigenvalue weighted by Crippen LogP contribution is 1.94. The molecule has 0 fully saturated rings. The van der Waals surface area contributed by atoms with Gasteiger partial charge in [0.15, 0.2) is 6.29 Å². The monoisotopic (exact) mass is 170 g/mol. The lowest BCUT2D eigenvalue weighted by atomic mass is 10.4. The molecule has 0 aliphatic rings. The van der Waals surface area contributed by atoms with E-state index < -0.39 is 0 Å². The van der Waals surface area contributed by atoms with Crippen LogP contribution in [0.5, 0.6) is 0 Å². The van der Waals surface area contributed by atoms with Crippen molar-refractivity contribution in [1.82, 2.24) is 0 Å². The van der Waals surface area contributed by atoms with Crippen molar-refractivity contribution in [3.05, 3.63) is 12.3 Å². The van der Waals surface area contributed by atoms with Crippen molar-refractivity contribution in [2.45, 2.75) is 12.7 Å². The van der Waals surface area contributed by atoms with E-state index in [0.717, 1.165) is 0 Å². The SMILES string of the molecule is CO/C=C/C#CCC(OC)OC. The number of ether oxygens (including phenoxy) is 3. The summed E-state index contributed by atoms with van der Waals surface area (Å²) in [5, 5.41) is 0. The molecule has 0 aromatic carbocycles. The normalized spacial score (nSPS) is 10.0. The van der Waals surface area contributed by atoms with Gasteiger partial charge in [0.1, 0.15) is 0 Å². The van der Waals surface area contributed by atoms with Gasteiger partial charge in [0.05, 0.1) is 19.8 Å². The topological polar surface area (TPSA) is 27.7 Å². The Hall–Kier alpha value is -0.980. The summed E-state index contributed by atoms with van der Waals surface area (Å²) in [5.74, 6) is 5.63. The molecule has 0 amide bonds. The lowest BCUT2D eigenvalue weighted by Gasteiger charge is -2.07. The minimum atomic E-state index is -0.242. The van der Waals surface area contributed by atoms with E-state index in [0.29, 0.717) is 6.42 Å². The molecular formula is C9H14O3. The molecule has 0 heterocycles. The van der Waals surface area contributed by atoms with Crippen LogP contribution in [0.1, 0.15) is 6.42 Å². The Morgan fingerprint density at radius 3 is 2.42 bits per heavy atom. The van der Waals surface area contributed by atoms with Crippen LogP contribution in [-0.2, 0) is 14.2 Å². The van der Waals surface area contributed by atoms with E-state index >= 15 is 0 Å². The second-order valence-corrected chi connectivity index (χ2v) is 1.96. The van der Waals surface area contributed by atoms with Gasteiger partial charge in [0.2, 0.25) is 0 Å². The van der Waals surface area contributed by atoms with Gasteiger partial charge in [-0.3, -0.25) is 0 Å². The van der Waals surface area contributed by atoms with E-state index in [4.69, 9.17) is 9.47 Å². The van der Waals surface area contributed by atoms with Gasteiger partial charge in [0, 0.05) is 20.3 Å². The Morgan fingerprint density at radius 1 is 1.25 bits per heavy atom. The van der Waals surface area contributed by atoms with Crippen LogP contribution in [0, 0.1) is 11.8 Å². The van der Waals surface area contributed by atoms with Gasteiger partial charge in [-0.1, -0.05) is 11.8 Å². The predicted octanol–water partition coefficient (Wildman–Crippen LogP) is 1.16. The molecule has 68 valence electrons. The van der Waals surface area contributed by atoms with Crippen molar-refractivity contribution in [2.24, 2.45) is 0 Å². The Labute approximate surface area is 73.3 Å². The van der Waals surface area contributed by atoms with Gasteiger partial charge >= 0.3 is 0 Å². The molecule has 0 saturated carbocycles. The molecule has 0 saturated heterocycles. The predicted molar refractivity (Wildman–Crippen MR) is 46.3 cm³/mol. The Balaban J connectivity index is 3.61. The molecular weight excluding hydrogens is 156 g/mol. The molecule has 0 bridgehead atoms. The van der Waals surface area contributed by atoms with Gasteiger partial charge in [-0.2, -0.15) is 0 Å². The first-order valence-corrected chi connectivity index (χ1v) is 3.57. The Bertz CT molecular complexity index is 172. The number of methoxy groups -OCH3 is 3. The quantitative estimate of drug-likeness (QED) is 0.360. The average Bonchev–Trinajstić information content (AvgIpc) is 2.11. The highest BCUT2D eigenvalue weighted by molar-refractivity contribution is 5.13. The van der Waals surface area contributed by atoms with Crippen LogP contribution in [0.2, 0.25) is 0 Å². The summed E-state index contributed by atoms with van der Waals surface area (Å²) in [6.07, 6.45) is 3.46. The fraction of sp³-hybridized carbons (Fsp3) is 0.556. The average molecular weight is 170 g/mol. The van der Waals surface area contributed by atoms with Gasteiger partial charge < -0.3 is 14.2 Å². The Morgan fingerprint density at radius 2 is 1.92 bits per heavy atom. The van der Waals surface area contributed by atoms with Crippen LogP contribution >= 0.6 is 0 Å². The third-order valence-electron chi connectivity index (χ3n) is 1.18. The van der Waals surface area contributed by atoms with Crippen molar-refractivity contribution >= 4 is 0 Å². The molecule has 0 unspecified atom stereocenters. The zero-order chi connectivity index (χ0) is 9.23.